The van der Waals surface area contributed by atoms with E-state index in [0.717, 1.165) is 12.8 Å². The largest absolute Gasteiger partial charge is 0.338 e. The maximum atomic E-state index is 8.06. The Bertz CT molecular complexity index is 167. The van der Waals surface area contributed by atoms with Crippen LogP contribution in [0.5, 0.6) is 0 Å². The lowest BCUT2D eigenvalue weighted by Crippen LogP contribution is -2.57. The quantitative estimate of drug-likeness (QED) is 0.556. The highest BCUT2D eigenvalue weighted by molar-refractivity contribution is 4.93. The van der Waals surface area contributed by atoms with E-state index in [4.69, 9.17) is 5.21 Å². The van der Waals surface area contributed by atoms with Crippen LogP contribution in [0.4, 0.5) is 0 Å². The zero-order valence-electron chi connectivity index (χ0n) is 8.78. The Morgan fingerprint density at radius 1 is 1.25 bits per heavy atom. The van der Waals surface area contributed by atoms with Crippen molar-refractivity contribution >= 4 is 0 Å². The number of hydrogen-bond acceptors (Lipinski definition) is 1. The van der Waals surface area contributed by atoms with Gasteiger partial charge >= 0.3 is 0 Å². The monoisotopic (exact) mass is 172 g/mol. The molecule has 12 heavy (non-hydrogen) atoms. The van der Waals surface area contributed by atoms with Crippen LogP contribution in [0.15, 0.2) is 0 Å². The van der Waals surface area contributed by atoms with Crippen LogP contribution >= 0.6 is 0 Å². The Morgan fingerprint density at radius 3 is 2.25 bits per heavy atom. The van der Waals surface area contributed by atoms with Gasteiger partial charge in [-0.3, -0.25) is 0 Å². The fourth-order valence-corrected chi connectivity index (χ4v) is 2.19. The van der Waals surface area contributed by atoms with Gasteiger partial charge in [0.2, 0.25) is 0 Å². The Labute approximate surface area is 75.5 Å². The van der Waals surface area contributed by atoms with E-state index in [9.17, 15) is 0 Å². The van der Waals surface area contributed by atoms with Gasteiger partial charge in [0, 0.05) is 0 Å². The fourth-order valence-electron chi connectivity index (χ4n) is 2.19. The number of piperidine rings is 1. The van der Waals surface area contributed by atoms with Crippen molar-refractivity contribution in [1.82, 2.24) is 5.06 Å². The summed E-state index contributed by atoms with van der Waals surface area (Å²) in [5.74, 6) is 0. The molecule has 1 rings (SSSR count). The van der Waals surface area contributed by atoms with E-state index in [2.05, 4.69) is 27.7 Å². The molecule has 0 aromatic heterocycles. The van der Waals surface area contributed by atoms with Crippen LogP contribution in [0, 0.1) is 0 Å². The number of hydroxylamine groups is 2. The zero-order chi connectivity index (χ0) is 9.41. The standard InChI is InChI=1S/C10H21NO/c1-5-10(4)8-6-7-9(2,3)11(10)12/h12H,5-8H2,1-4H3/p+1. The zero-order valence-corrected chi connectivity index (χ0v) is 8.78. The first-order valence-electron chi connectivity index (χ1n) is 4.94. The van der Waals surface area contributed by atoms with Gasteiger partial charge in [0.1, 0.15) is 0 Å². The van der Waals surface area contributed by atoms with Gasteiger partial charge in [0.15, 0.2) is 0 Å². The van der Waals surface area contributed by atoms with E-state index in [1.807, 2.05) is 5.06 Å². The molecule has 1 aliphatic rings. The van der Waals surface area contributed by atoms with Crippen molar-refractivity contribution in [3.05, 3.63) is 0 Å². The van der Waals surface area contributed by atoms with Crippen molar-refractivity contribution < 1.29 is 5.21 Å². The Morgan fingerprint density at radius 2 is 1.83 bits per heavy atom. The van der Waals surface area contributed by atoms with E-state index >= 15 is 0 Å². The molecular weight excluding hydrogens is 150 g/mol. The Balaban J connectivity index is 2.79. The minimum absolute atomic E-state index is 0.0724. The van der Waals surface area contributed by atoms with Gasteiger partial charge in [-0.05, 0) is 46.5 Å². The summed E-state index contributed by atoms with van der Waals surface area (Å²) >= 11 is 0. The third-order valence-corrected chi connectivity index (χ3v) is 3.41. The highest BCUT2D eigenvalue weighted by Crippen LogP contribution is 2.38. The van der Waals surface area contributed by atoms with Crippen LogP contribution < -0.4 is 0 Å². The lowest BCUT2D eigenvalue weighted by molar-refractivity contribution is -0.248. The summed E-state index contributed by atoms with van der Waals surface area (Å²) in [4.78, 5) is 0. The molecule has 1 unspecified atom stereocenters. The molecule has 0 aromatic rings. The lowest BCUT2D eigenvalue weighted by atomic mass is 9.80. The first-order chi connectivity index (χ1) is 5.42. The maximum absolute atomic E-state index is 8.06. The molecule has 0 aromatic carbocycles. The van der Waals surface area contributed by atoms with Crippen molar-refractivity contribution in [2.24, 2.45) is 0 Å². The fraction of sp³-hybridized carbons (Fsp3) is 1.00. The van der Waals surface area contributed by atoms with E-state index in [1.165, 1.54) is 12.8 Å². The SMILES string of the molecule is CCC1(C)CCCC(C)(C)N1[OH2+]. The molecule has 1 saturated heterocycles. The smallest absolute Gasteiger partial charge is 0.0860 e. The van der Waals surface area contributed by atoms with E-state index in [-0.39, 0.29) is 11.1 Å². The summed E-state index contributed by atoms with van der Waals surface area (Å²) in [5, 5.41) is 9.88. The molecule has 0 spiro atoms. The molecule has 0 bridgehead atoms. The molecule has 1 atom stereocenters. The van der Waals surface area contributed by atoms with Crippen molar-refractivity contribution in [2.75, 3.05) is 0 Å². The second-order valence-corrected chi connectivity index (χ2v) is 4.85. The van der Waals surface area contributed by atoms with Crippen LogP contribution in [0.25, 0.3) is 0 Å². The predicted molar refractivity (Wildman–Crippen MR) is 52.1 cm³/mol. The van der Waals surface area contributed by atoms with Crippen LogP contribution in [0.1, 0.15) is 53.4 Å². The molecule has 0 aliphatic carbocycles. The highest BCUT2D eigenvalue weighted by atomic mass is 16.5. The highest BCUT2D eigenvalue weighted by Gasteiger charge is 2.46. The Kier molecular flexibility index (Phi) is 2.50. The summed E-state index contributed by atoms with van der Waals surface area (Å²) in [6, 6.07) is 0. The third kappa shape index (κ3) is 1.50. The van der Waals surface area contributed by atoms with E-state index in [0.29, 0.717) is 0 Å². The summed E-state index contributed by atoms with van der Waals surface area (Å²) in [6.07, 6.45) is 4.69. The van der Waals surface area contributed by atoms with Gasteiger partial charge in [-0.25, -0.2) is 0 Å². The molecule has 72 valence electrons. The van der Waals surface area contributed by atoms with E-state index in [1.54, 1.807) is 0 Å². The van der Waals surface area contributed by atoms with Gasteiger partial charge in [0.05, 0.1) is 11.1 Å². The lowest BCUT2D eigenvalue weighted by Gasteiger charge is -2.45. The van der Waals surface area contributed by atoms with Gasteiger partial charge in [-0.1, -0.05) is 12.0 Å². The predicted octanol–water partition coefficient (Wildman–Crippen LogP) is 2.06. The molecule has 0 radical (unpaired) electrons. The second kappa shape index (κ2) is 3.00. The van der Waals surface area contributed by atoms with E-state index < -0.39 is 0 Å². The van der Waals surface area contributed by atoms with Crippen LogP contribution in [0.3, 0.4) is 0 Å². The molecular formula is C10H22NO+. The average Bonchev–Trinajstić information content (AvgIpc) is 2.00. The normalized spacial score (nSPS) is 36.8. The molecule has 2 heteroatoms. The molecule has 1 fully saturated rings. The van der Waals surface area contributed by atoms with Crippen molar-refractivity contribution in [3.8, 4) is 0 Å². The summed E-state index contributed by atoms with van der Waals surface area (Å²) < 4.78 is 0. The first-order valence-corrected chi connectivity index (χ1v) is 4.94. The minimum Gasteiger partial charge on any atom is -0.338 e. The number of rotatable bonds is 1. The van der Waals surface area contributed by atoms with Crippen molar-refractivity contribution in [1.29, 1.82) is 0 Å². The van der Waals surface area contributed by atoms with Crippen molar-refractivity contribution in [2.45, 2.75) is 64.5 Å². The van der Waals surface area contributed by atoms with Crippen LogP contribution in [-0.4, -0.2) is 21.3 Å². The number of hydrogen-bond donors (Lipinski definition) is 0. The van der Waals surface area contributed by atoms with Gasteiger partial charge in [-0.15, -0.1) is 0 Å². The third-order valence-electron chi connectivity index (χ3n) is 3.41. The minimum atomic E-state index is 0.0724. The van der Waals surface area contributed by atoms with Gasteiger partial charge in [-0.2, -0.15) is 0 Å². The van der Waals surface area contributed by atoms with Crippen LogP contribution in [-0.2, 0) is 0 Å². The molecule has 2 nitrogen and oxygen atoms in total. The summed E-state index contributed by atoms with van der Waals surface area (Å²) in [7, 11) is 0. The average molecular weight is 172 g/mol. The van der Waals surface area contributed by atoms with Crippen molar-refractivity contribution in [3.63, 3.8) is 0 Å². The topological polar surface area (TPSA) is 26.1 Å². The molecule has 1 aliphatic heterocycles. The first kappa shape index (κ1) is 10.0. The molecule has 2 N–H and O–H groups in total. The van der Waals surface area contributed by atoms with Gasteiger partial charge in [0.25, 0.3) is 0 Å². The molecule has 1 heterocycles. The van der Waals surface area contributed by atoms with Crippen LogP contribution in [0.2, 0.25) is 0 Å². The summed E-state index contributed by atoms with van der Waals surface area (Å²) in [6.45, 7) is 8.74. The second-order valence-electron chi connectivity index (χ2n) is 4.85. The number of nitrogens with zero attached hydrogens (tertiary/aromatic N) is 1. The Hall–Kier alpha value is -0.0800. The van der Waals surface area contributed by atoms with Gasteiger partial charge < -0.3 is 5.21 Å². The maximum Gasteiger partial charge on any atom is 0.0860 e. The molecule has 0 amide bonds. The molecule has 0 saturated carbocycles. The summed E-state index contributed by atoms with van der Waals surface area (Å²) in [5.41, 5.74) is 0.185.